The zero-order valence-electron chi connectivity index (χ0n) is 30.0. The largest absolute Gasteiger partial charge is 0.454 e. The second-order valence-electron chi connectivity index (χ2n) is 14.2. The van der Waals surface area contributed by atoms with Crippen LogP contribution in [-0.4, -0.2) is 23.9 Å². The van der Waals surface area contributed by atoms with E-state index in [9.17, 15) is 0 Å². The monoisotopic (exact) mass is 717 g/mol. The van der Waals surface area contributed by atoms with Gasteiger partial charge in [-0.25, -0.2) is 9.67 Å². The van der Waals surface area contributed by atoms with Crippen molar-refractivity contribution in [3.05, 3.63) is 188 Å². The van der Waals surface area contributed by atoms with Crippen LogP contribution in [0.3, 0.4) is 0 Å². The molecule has 6 heteroatoms. The molecule has 0 aliphatic rings. The lowest BCUT2D eigenvalue weighted by Crippen LogP contribution is -2.01. The highest BCUT2D eigenvalue weighted by molar-refractivity contribution is 6.21. The van der Waals surface area contributed by atoms with E-state index >= 15 is 0 Å². The summed E-state index contributed by atoms with van der Waals surface area (Å²) < 4.78 is 13.4. The summed E-state index contributed by atoms with van der Waals surface area (Å²) in [5.41, 5.74) is 11.2. The van der Waals surface area contributed by atoms with Gasteiger partial charge in [0.25, 0.3) is 0 Å². The number of para-hydroxylation sites is 3. The first-order valence-corrected chi connectivity index (χ1v) is 18.8. The minimum absolute atomic E-state index is 0.683. The summed E-state index contributed by atoms with van der Waals surface area (Å²) in [6, 6.07) is 65.9. The molecule has 4 aromatic heterocycles. The molecule has 0 spiro atoms. The normalized spacial score (nSPS) is 11.9. The number of rotatable bonds is 5. The van der Waals surface area contributed by atoms with Gasteiger partial charge in [0.15, 0.2) is 17.2 Å². The fourth-order valence-corrected chi connectivity index (χ4v) is 8.69. The summed E-state index contributed by atoms with van der Waals surface area (Å²) >= 11 is 0. The minimum atomic E-state index is 0.683. The molecule has 0 saturated heterocycles. The highest BCUT2D eigenvalue weighted by atomic mass is 16.3. The summed E-state index contributed by atoms with van der Waals surface area (Å²) in [6.07, 6.45) is 0. The summed E-state index contributed by atoms with van der Waals surface area (Å²) in [5.74, 6) is 1.47. The number of furan rings is 1. The molecule has 12 aromatic rings. The van der Waals surface area contributed by atoms with Gasteiger partial charge in [-0.2, -0.15) is 0 Å². The van der Waals surface area contributed by atoms with Crippen molar-refractivity contribution in [2.75, 3.05) is 0 Å². The molecule has 0 N–H and O–H groups in total. The van der Waals surface area contributed by atoms with Crippen LogP contribution in [0.25, 0.3) is 105 Å². The first-order chi connectivity index (χ1) is 27.8. The van der Waals surface area contributed by atoms with E-state index in [0.29, 0.717) is 5.82 Å². The maximum atomic E-state index is 6.66. The molecule has 262 valence electrons. The van der Waals surface area contributed by atoms with E-state index in [1.54, 1.807) is 0 Å². The molecular weight excluding hydrogens is 687 g/mol. The molecule has 0 amide bonds. The van der Waals surface area contributed by atoms with E-state index in [2.05, 4.69) is 155 Å². The van der Waals surface area contributed by atoms with Crippen molar-refractivity contribution in [1.29, 1.82) is 0 Å². The van der Waals surface area contributed by atoms with Gasteiger partial charge in [-0.3, -0.25) is 0 Å². The van der Waals surface area contributed by atoms with E-state index < -0.39 is 0 Å². The summed E-state index contributed by atoms with van der Waals surface area (Å²) in [4.78, 5) is 5.14. The first kappa shape index (κ1) is 30.7. The van der Waals surface area contributed by atoms with E-state index in [1.807, 2.05) is 47.1 Å². The fourth-order valence-electron chi connectivity index (χ4n) is 8.69. The lowest BCUT2D eigenvalue weighted by atomic mass is 10.1. The predicted molar refractivity (Wildman–Crippen MR) is 228 cm³/mol. The van der Waals surface area contributed by atoms with Crippen LogP contribution >= 0.6 is 0 Å². The molecule has 8 aromatic carbocycles. The third kappa shape index (κ3) is 4.44. The maximum absolute atomic E-state index is 6.66. The summed E-state index contributed by atoms with van der Waals surface area (Å²) in [7, 11) is 0. The smallest absolute Gasteiger partial charge is 0.182 e. The molecule has 0 aliphatic heterocycles. The van der Waals surface area contributed by atoms with Gasteiger partial charge in [0.05, 0.1) is 27.8 Å². The molecule has 0 unspecified atom stereocenters. The van der Waals surface area contributed by atoms with Crippen molar-refractivity contribution >= 4 is 65.6 Å². The fraction of sp³-hybridized carbons (Fsp3) is 0. The minimum Gasteiger partial charge on any atom is -0.454 e. The number of hydrogen-bond acceptors (Lipinski definition) is 3. The Bertz CT molecular complexity index is 3480. The van der Waals surface area contributed by atoms with Gasteiger partial charge < -0.3 is 13.6 Å². The summed E-state index contributed by atoms with van der Waals surface area (Å²) in [5, 5.41) is 12.0. The number of hydrogen-bond donors (Lipinski definition) is 0. The van der Waals surface area contributed by atoms with Gasteiger partial charge in [0.1, 0.15) is 5.58 Å². The van der Waals surface area contributed by atoms with Crippen LogP contribution in [-0.2, 0) is 0 Å². The third-order valence-corrected chi connectivity index (χ3v) is 11.1. The van der Waals surface area contributed by atoms with Crippen molar-refractivity contribution in [1.82, 2.24) is 23.9 Å². The SMILES string of the molecule is c1ccc(-c2nc(-c3ccccc3)n(-c3cccc4c3c3ccccc3n4-c3cccc(-n4c5ccccc5c5ccc6c7ccccc7oc6c54)c3)n2)cc1. The van der Waals surface area contributed by atoms with Crippen molar-refractivity contribution in [2.45, 2.75) is 0 Å². The van der Waals surface area contributed by atoms with Crippen molar-refractivity contribution in [3.8, 4) is 39.8 Å². The Morgan fingerprint density at radius 2 is 1.04 bits per heavy atom. The number of fused-ring (bicyclic) bond motifs is 10. The number of nitrogens with zero attached hydrogens (tertiary/aromatic N) is 5. The zero-order valence-corrected chi connectivity index (χ0v) is 30.0. The van der Waals surface area contributed by atoms with Crippen LogP contribution in [0.4, 0.5) is 0 Å². The molecule has 0 radical (unpaired) electrons. The maximum Gasteiger partial charge on any atom is 0.182 e. The van der Waals surface area contributed by atoms with Crippen LogP contribution in [0.2, 0.25) is 0 Å². The van der Waals surface area contributed by atoms with Crippen molar-refractivity contribution in [2.24, 2.45) is 0 Å². The zero-order chi connectivity index (χ0) is 36.7. The lowest BCUT2D eigenvalue weighted by Gasteiger charge is -2.13. The predicted octanol–water partition coefficient (Wildman–Crippen LogP) is 12.7. The van der Waals surface area contributed by atoms with E-state index in [-0.39, 0.29) is 0 Å². The van der Waals surface area contributed by atoms with Crippen LogP contribution < -0.4 is 0 Å². The van der Waals surface area contributed by atoms with Gasteiger partial charge in [-0.15, -0.1) is 5.10 Å². The molecule has 0 fully saturated rings. The highest BCUT2D eigenvalue weighted by Gasteiger charge is 2.23. The second kappa shape index (κ2) is 11.9. The Kier molecular flexibility index (Phi) is 6.53. The Balaban J connectivity index is 1.11. The van der Waals surface area contributed by atoms with Gasteiger partial charge in [0.2, 0.25) is 0 Å². The van der Waals surface area contributed by atoms with E-state index in [0.717, 1.165) is 94.2 Å². The topological polar surface area (TPSA) is 53.7 Å². The van der Waals surface area contributed by atoms with Crippen molar-refractivity contribution in [3.63, 3.8) is 0 Å². The average molecular weight is 718 g/mol. The molecule has 6 nitrogen and oxygen atoms in total. The highest BCUT2D eigenvalue weighted by Crippen LogP contribution is 2.42. The number of aromatic nitrogens is 5. The Morgan fingerprint density at radius 3 is 1.84 bits per heavy atom. The molecule has 12 rings (SSSR count). The van der Waals surface area contributed by atoms with Crippen LogP contribution in [0, 0.1) is 0 Å². The molecular formula is C50H31N5O. The molecule has 4 heterocycles. The van der Waals surface area contributed by atoms with Gasteiger partial charge in [0, 0.05) is 54.8 Å². The Hall–Kier alpha value is -7.70. The van der Waals surface area contributed by atoms with Crippen molar-refractivity contribution < 1.29 is 4.42 Å². The second-order valence-corrected chi connectivity index (χ2v) is 14.2. The molecule has 56 heavy (non-hydrogen) atoms. The molecule has 0 saturated carbocycles. The molecule has 0 aliphatic carbocycles. The van der Waals surface area contributed by atoms with Crippen LogP contribution in [0.1, 0.15) is 0 Å². The van der Waals surface area contributed by atoms with Gasteiger partial charge >= 0.3 is 0 Å². The van der Waals surface area contributed by atoms with Crippen LogP contribution in [0.5, 0.6) is 0 Å². The quantitative estimate of drug-likeness (QED) is 0.178. The first-order valence-electron chi connectivity index (χ1n) is 18.8. The third-order valence-electron chi connectivity index (χ3n) is 11.1. The summed E-state index contributed by atoms with van der Waals surface area (Å²) in [6.45, 7) is 0. The van der Waals surface area contributed by atoms with Gasteiger partial charge in [-0.1, -0.05) is 133 Å². The van der Waals surface area contributed by atoms with E-state index in [1.165, 1.54) is 5.39 Å². The van der Waals surface area contributed by atoms with E-state index in [4.69, 9.17) is 14.5 Å². The Labute approximate surface area is 320 Å². The Morgan fingerprint density at radius 1 is 0.429 bits per heavy atom. The molecule has 0 atom stereocenters. The standard InChI is InChI=1S/C50H31N5O/c1-3-15-32(16-4-1)49-51-50(33-17-5-2-6-18-33)55(52-49)44-27-14-26-43-46(44)40-23-8-11-25-42(40)53(43)34-19-13-20-35(31-34)54-41-24-10-7-21-36(41)38-29-30-39-37-22-9-12-28-45(37)56-48(39)47(38)54/h1-31H. The lowest BCUT2D eigenvalue weighted by molar-refractivity contribution is 0.671. The van der Waals surface area contributed by atoms with Gasteiger partial charge in [-0.05, 0) is 54.6 Å². The van der Waals surface area contributed by atoms with Crippen LogP contribution in [0.15, 0.2) is 192 Å². The number of benzene rings is 8. The average Bonchev–Trinajstić information content (AvgIpc) is 4.04. The molecule has 0 bridgehead atoms.